The van der Waals surface area contributed by atoms with Crippen LogP contribution in [0.1, 0.15) is 31.2 Å². The average Bonchev–Trinajstić information content (AvgIpc) is 2.37. The van der Waals surface area contributed by atoms with Crippen LogP contribution in [0.5, 0.6) is 0 Å². The summed E-state index contributed by atoms with van der Waals surface area (Å²) < 4.78 is 0. The number of carboxylic acid groups (broad SMARTS) is 1. The minimum Gasteiger partial charge on any atom is -0.481 e. The SMILES string of the molecule is O=C(O)CC1(NC(=O)NCCc2cccnc2)CCC1. The van der Waals surface area contributed by atoms with Crippen LogP contribution in [0.4, 0.5) is 4.79 Å². The second kappa shape index (κ2) is 6.36. The van der Waals surface area contributed by atoms with Crippen LogP contribution in [0.15, 0.2) is 24.5 Å². The zero-order valence-electron chi connectivity index (χ0n) is 11.3. The maximum absolute atomic E-state index is 11.8. The Bertz CT molecular complexity index is 472. The molecular formula is C14H19N3O3. The molecule has 1 aliphatic rings. The monoisotopic (exact) mass is 277 g/mol. The molecular weight excluding hydrogens is 258 g/mol. The summed E-state index contributed by atoms with van der Waals surface area (Å²) in [6, 6.07) is 3.51. The van der Waals surface area contributed by atoms with Crippen LogP contribution in [-0.4, -0.2) is 34.2 Å². The van der Waals surface area contributed by atoms with E-state index < -0.39 is 11.5 Å². The molecule has 0 spiro atoms. The molecule has 3 N–H and O–H groups in total. The Hall–Kier alpha value is -2.11. The lowest BCUT2D eigenvalue weighted by Crippen LogP contribution is -2.57. The molecule has 1 aromatic rings. The van der Waals surface area contributed by atoms with Crippen molar-refractivity contribution < 1.29 is 14.7 Å². The van der Waals surface area contributed by atoms with E-state index in [1.165, 1.54) is 0 Å². The lowest BCUT2D eigenvalue weighted by Gasteiger charge is -2.41. The van der Waals surface area contributed by atoms with Gasteiger partial charge >= 0.3 is 12.0 Å². The van der Waals surface area contributed by atoms with Gasteiger partial charge in [-0.15, -0.1) is 0 Å². The molecule has 1 fully saturated rings. The lowest BCUT2D eigenvalue weighted by atomic mass is 9.74. The summed E-state index contributed by atoms with van der Waals surface area (Å²) in [4.78, 5) is 26.6. The number of urea groups is 1. The van der Waals surface area contributed by atoms with E-state index in [1.54, 1.807) is 12.4 Å². The van der Waals surface area contributed by atoms with E-state index >= 15 is 0 Å². The van der Waals surface area contributed by atoms with Crippen molar-refractivity contribution in [1.29, 1.82) is 0 Å². The first-order valence-electron chi connectivity index (χ1n) is 6.76. The quantitative estimate of drug-likeness (QED) is 0.731. The van der Waals surface area contributed by atoms with Crippen LogP contribution in [-0.2, 0) is 11.2 Å². The van der Waals surface area contributed by atoms with Crippen molar-refractivity contribution in [3.8, 4) is 0 Å². The molecule has 108 valence electrons. The molecule has 0 aliphatic heterocycles. The number of nitrogens with zero attached hydrogens (tertiary/aromatic N) is 1. The van der Waals surface area contributed by atoms with Crippen molar-refractivity contribution in [2.24, 2.45) is 0 Å². The number of pyridine rings is 1. The number of hydrogen-bond donors (Lipinski definition) is 3. The van der Waals surface area contributed by atoms with Gasteiger partial charge in [-0.05, 0) is 37.3 Å². The smallest absolute Gasteiger partial charge is 0.315 e. The summed E-state index contributed by atoms with van der Waals surface area (Å²) in [5, 5.41) is 14.4. The van der Waals surface area contributed by atoms with Crippen molar-refractivity contribution in [2.45, 2.75) is 37.6 Å². The second-order valence-electron chi connectivity index (χ2n) is 5.20. The molecule has 6 heteroatoms. The molecule has 0 unspecified atom stereocenters. The highest BCUT2D eigenvalue weighted by molar-refractivity contribution is 5.77. The zero-order valence-corrected chi connectivity index (χ0v) is 11.3. The fourth-order valence-electron chi connectivity index (χ4n) is 2.39. The van der Waals surface area contributed by atoms with Gasteiger partial charge in [-0.1, -0.05) is 6.07 Å². The van der Waals surface area contributed by atoms with Gasteiger partial charge < -0.3 is 15.7 Å². The topological polar surface area (TPSA) is 91.3 Å². The Kier molecular flexibility index (Phi) is 4.55. The summed E-state index contributed by atoms with van der Waals surface area (Å²) in [6.07, 6.45) is 6.58. The molecule has 0 aromatic carbocycles. The number of hydrogen-bond acceptors (Lipinski definition) is 3. The summed E-state index contributed by atoms with van der Waals surface area (Å²) in [7, 11) is 0. The molecule has 1 saturated carbocycles. The number of aromatic nitrogens is 1. The number of aliphatic carboxylic acids is 1. The summed E-state index contributed by atoms with van der Waals surface area (Å²) >= 11 is 0. The third-order valence-electron chi connectivity index (χ3n) is 3.60. The predicted octanol–water partition coefficient (Wildman–Crippen LogP) is 1.32. The summed E-state index contributed by atoms with van der Waals surface area (Å²) in [5.41, 5.74) is 0.501. The average molecular weight is 277 g/mol. The fraction of sp³-hybridized carbons (Fsp3) is 0.500. The van der Waals surface area contributed by atoms with Gasteiger partial charge in [0.25, 0.3) is 0 Å². The Morgan fingerprint density at radius 3 is 2.75 bits per heavy atom. The first kappa shape index (κ1) is 14.3. The molecule has 20 heavy (non-hydrogen) atoms. The van der Waals surface area contributed by atoms with Crippen molar-refractivity contribution in [1.82, 2.24) is 15.6 Å². The maximum Gasteiger partial charge on any atom is 0.315 e. The van der Waals surface area contributed by atoms with E-state index in [4.69, 9.17) is 5.11 Å². The Morgan fingerprint density at radius 2 is 2.20 bits per heavy atom. The number of carbonyl (C=O) groups is 2. The first-order valence-corrected chi connectivity index (χ1v) is 6.76. The van der Waals surface area contributed by atoms with Gasteiger partial charge in [-0.2, -0.15) is 0 Å². The highest BCUT2D eigenvalue weighted by Gasteiger charge is 2.40. The summed E-state index contributed by atoms with van der Waals surface area (Å²) in [6.45, 7) is 0.501. The number of rotatable bonds is 6. The van der Waals surface area contributed by atoms with E-state index in [2.05, 4.69) is 15.6 Å². The Balaban J connectivity index is 1.73. The fourth-order valence-corrected chi connectivity index (χ4v) is 2.39. The van der Waals surface area contributed by atoms with Crippen LogP contribution in [0, 0.1) is 0 Å². The van der Waals surface area contributed by atoms with E-state index in [1.807, 2.05) is 12.1 Å². The van der Waals surface area contributed by atoms with Gasteiger partial charge in [0.1, 0.15) is 0 Å². The van der Waals surface area contributed by atoms with Gasteiger partial charge in [0.2, 0.25) is 0 Å². The van der Waals surface area contributed by atoms with Gasteiger partial charge in [-0.25, -0.2) is 4.79 Å². The molecule has 0 atom stereocenters. The van der Waals surface area contributed by atoms with E-state index in [0.717, 1.165) is 24.8 Å². The number of carboxylic acids is 1. The molecule has 0 saturated heterocycles. The standard InChI is InChI=1S/C14H19N3O3/c18-12(19)9-14(5-2-6-14)17-13(20)16-8-4-11-3-1-7-15-10-11/h1,3,7,10H,2,4-6,8-9H2,(H,18,19)(H2,16,17,20). The highest BCUT2D eigenvalue weighted by atomic mass is 16.4. The van der Waals surface area contributed by atoms with Crippen LogP contribution in [0.2, 0.25) is 0 Å². The zero-order chi connectivity index (χ0) is 14.4. The van der Waals surface area contributed by atoms with Gasteiger partial charge in [-0.3, -0.25) is 9.78 Å². The van der Waals surface area contributed by atoms with Crippen molar-refractivity contribution in [2.75, 3.05) is 6.54 Å². The van der Waals surface area contributed by atoms with Gasteiger partial charge in [0.15, 0.2) is 0 Å². The summed E-state index contributed by atoms with van der Waals surface area (Å²) in [5.74, 6) is -0.875. The molecule has 2 amide bonds. The molecule has 1 aliphatic carbocycles. The molecule has 0 bridgehead atoms. The first-order chi connectivity index (χ1) is 9.60. The third kappa shape index (κ3) is 3.94. The van der Waals surface area contributed by atoms with Crippen LogP contribution < -0.4 is 10.6 Å². The second-order valence-corrected chi connectivity index (χ2v) is 5.20. The predicted molar refractivity (Wildman–Crippen MR) is 73.3 cm³/mol. The number of carbonyl (C=O) groups excluding carboxylic acids is 1. The van der Waals surface area contributed by atoms with Crippen LogP contribution in [0.3, 0.4) is 0 Å². The number of amides is 2. The third-order valence-corrected chi connectivity index (χ3v) is 3.60. The van der Waals surface area contributed by atoms with E-state index in [9.17, 15) is 9.59 Å². The lowest BCUT2D eigenvalue weighted by molar-refractivity contribution is -0.139. The normalized spacial score (nSPS) is 16.0. The van der Waals surface area contributed by atoms with Crippen molar-refractivity contribution in [3.63, 3.8) is 0 Å². The van der Waals surface area contributed by atoms with Crippen LogP contribution >= 0.6 is 0 Å². The highest BCUT2D eigenvalue weighted by Crippen LogP contribution is 2.34. The van der Waals surface area contributed by atoms with Crippen molar-refractivity contribution >= 4 is 12.0 Å². The molecule has 1 heterocycles. The number of nitrogens with one attached hydrogen (secondary N) is 2. The minimum atomic E-state index is -0.875. The van der Waals surface area contributed by atoms with Crippen molar-refractivity contribution in [3.05, 3.63) is 30.1 Å². The van der Waals surface area contributed by atoms with E-state index in [-0.39, 0.29) is 12.5 Å². The minimum absolute atomic E-state index is 0.0109. The Morgan fingerprint density at radius 1 is 1.40 bits per heavy atom. The molecule has 1 aromatic heterocycles. The maximum atomic E-state index is 11.8. The molecule has 0 radical (unpaired) electrons. The van der Waals surface area contributed by atoms with Gasteiger partial charge in [0, 0.05) is 18.9 Å². The molecule has 6 nitrogen and oxygen atoms in total. The van der Waals surface area contributed by atoms with Crippen LogP contribution in [0.25, 0.3) is 0 Å². The molecule has 2 rings (SSSR count). The van der Waals surface area contributed by atoms with E-state index in [0.29, 0.717) is 13.0 Å². The Labute approximate surface area is 117 Å². The largest absolute Gasteiger partial charge is 0.481 e. The van der Waals surface area contributed by atoms with Gasteiger partial charge in [0.05, 0.1) is 12.0 Å².